The van der Waals surface area contributed by atoms with Gasteiger partial charge < -0.3 is 9.64 Å². The Morgan fingerprint density at radius 2 is 1.44 bits per heavy atom. The van der Waals surface area contributed by atoms with E-state index in [1.165, 1.54) is 4.90 Å². The lowest BCUT2D eigenvalue weighted by atomic mass is 10.0. The molecule has 1 aliphatic rings. The van der Waals surface area contributed by atoms with E-state index in [0.29, 0.717) is 11.4 Å². The molecule has 32 heavy (non-hydrogen) atoms. The van der Waals surface area contributed by atoms with Crippen molar-refractivity contribution in [1.29, 1.82) is 0 Å². The van der Waals surface area contributed by atoms with E-state index in [4.69, 9.17) is 4.74 Å². The van der Waals surface area contributed by atoms with Gasteiger partial charge >= 0.3 is 6.03 Å². The second kappa shape index (κ2) is 8.15. The maximum atomic E-state index is 13.6. The van der Waals surface area contributed by atoms with Crippen LogP contribution in [0.2, 0.25) is 0 Å². The Hall–Kier alpha value is -3.60. The van der Waals surface area contributed by atoms with Crippen molar-refractivity contribution < 1.29 is 14.3 Å². The molecule has 5 heteroatoms. The molecule has 1 heterocycles. The zero-order chi connectivity index (χ0) is 23.0. The van der Waals surface area contributed by atoms with E-state index in [0.717, 1.165) is 28.0 Å². The minimum absolute atomic E-state index is 0.223. The molecule has 0 aliphatic carbocycles. The van der Waals surface area contributed by atoms with Crippen LogP contribution in [0.15, 0.2) is 66.7 Å². The van der Waals surface area contributed by atoms with Gasteiger partial charge in [0.1, 0.15) is 17.0 Å². The van der Waals surface area contributed by atoms with Gasteiger partial charge in [-0.2, -0.15) is 0 Å². The van der Waals surface area contributed by atoms with Crippen LogP contribution in [0.1, 0.15) is 36.1 Å². The zero-order valence-electron chi connectivity index (χ0n) is 19.2. The number of imide groups is 1. The van der Waals surface area contributed by atoms with Crippen LogP contribution in [0.25, 0.3) is 0 Å². The zero-order valence-corrected chi connectivity index (χ0v) is 19.2. The molecule has 3 aromatic carbocycles. The Bertz CT molecular complexity index is 1160. The first-order valence-electron chi connectivity index (χ1n) is 10.7. The highest BCUT2D eigenvalue weighted by atomic mass is 16.5. The van der Waals surface area contributed by atoms with Gasteiger partial charge in [-0.1, -0.05) is 54.1 Å². The Morgan fingerprint density at radius 1 is 0.844 bits per heavy atom. The van der Waals surface area contributed by atoms with Crippen LogP contribution >= 0.6 is 0 Å². The van der Waals surface area contributed by atoms with Gasteiger partial charge in [0, 0.05) is 5.56 Å². The number of hydrogen-bond donors (Lipinski definition) is 0. The van der Waals surface area contributed by atoms with Gasteiger partial charge in [0.05, 0.1) is 12.2 Å². The molecule has 0 bridgehead atoms. The van der Waals surface area contributed by atoms with Crippen molar-refractivity contribution >= 4 is 17.6 Å². The highest BCUT2D eigenvalue weighted by Gasteiger charge is 2.52. The number of urea groups is 1. The number of benzene rings is 3. The van der Waals surface area contributed by atoms with Crippen LogP contribution in [-0.2, 0) is 11.3 Å². The summed E-state index contributed by atoms with van der Waals surface area (Å²) in [6, 6.07) is 20.8. The lowest BCUT2D eigenvalue weighted by molar-refractivity contribution is -0.123. The predicted octanol–water partition coefficient (Wildman–Crippen LogP) is 6.15. The number of anilines is 1. The monoisotopic (exact) mass is 428 g/mol. The molecule has 0 unspecified atom stereocenters. The van der Waals surface area contributed by atoms with Crippen molar-refractivity contribution in [1.82, 2.24) is 4.90 Å². The summed E-state index contributed by atoms with van der Waals surface area (Å²) in [7, 11) is 0. The van der Waals surface area contributed by atoms with E-state index in [1.54, 1.807) is 18.7 Å². The molecule has 1 saturated heterocycles. The fourth-order valence-electron chi connectivity index (χ4n) is 4.34. The van der Waals surface area contributed by atoms with E-state index >= 15 is 0 Å². The van der Waals surface area contributed by atoms with Gasteiger partial charge in [-0.25, -0.2) is 9.69 Å². The lowest BCUT2D eigenvalue weighted by Gasteiger charge is -2.28. The Balaban J connectivity index is 1.69. The van der Waals surface area contributed by atoms with Crippen molar-refractivity contribution in [3.63, 3.8) is 0 Å². The summed E-state index contributed by atoms with van der Waals surface area (Å²) in [4.78, 5) is 30.0. The van der Waals surface area contributed by atoms with E-state index in [-0.39, 0.29) is 18.5 Å². The molecule has 3 amide bonds. The van der Waals surface area contributed by atoms with E-state index in [2.05, 4.69) is 0 Å². The van der Waals surface area contributed by atoms with Gasteiger partial charge in [0.25, 0.3) is 5.91 Å². The number of hydrogen-bond acceptors (Lipinski definition) is 3. The van der Waals surface area contributed by atoms with Crippen molar-refractivity contribution in [3.05, 3.63) is 89.0 Å². The van der Waals surface area contributed by atoms with Crippen LogP contribution in [0.4, 0.5) is 10.5 Å². The van der Waals surface area contributed by atoms with Crippen LogP contribution < -0.4 is 9.64 Å². The number of carbonyl (C=O) groups excluding carboxylic acids is 2. The number of carbonyl (C=O) groups is 2. The standard InChI is InChI=1S/C27H28N2O3/c1-18-15-19(2)24(20(3)16-18)29-25(30)27(4,5)28(26(29)31)17-21-11-9-10-14-23(21)32-22-12-7-6-8-13-22/h6-16H,17H2,1-5H3. The number of rotatable bonds is 5. The molecule has 0 aromatic heterocycles. The first-order chi connectivity index (χ1) is 15.2. The summed E-state index contributed by atoms with van der Waals surface area (Å²) in [6.07, 6.45) is 0. The molecular formula is C27H28N2O3. The summed E-state index contributed by atoms with van der Waals surface area (Å²) in [5.74, 6) is 1.16. The molecule has 0 spiro atoms. The fraction of sp³-hybridized carbons (Fsp3) is 0.259. The van der Waals surface area contributed by atoms with E-state index in [1.807, 2.05) is 87.5 Å². The van der Waals surface area contributed by atoms with Gasteiger partial charge in [0.15, 0.2) is 0 Å². The molecule has 164 valence electrons. The van der Waals surface area contributed by atoms with Crippen LogP contribution in [0.3, 0.4) is 0 Å². The Labute approximate surface area is 189 Å². The molecule has 3 aromatic rings. The van der Waals surface area contributed by atoms with Crippen LogP contribution in [0.5, 0.6) is 11.5 Å². The van der Waals surface area contributed by atoms with Gasteiger partial charge in [-0.05, 0) is 63.9 Å². The molecule has 1 fully saturated rings. The highest BCUT2D eigenvalue weighted by Crippen LogP contribution is 2.38. The van der Waals surface area contributed by atoms with Crippen molar-refractivity contribution in [3.8, 4) is 11.5 Å². The third kappa shape index (κ3) is 3.75. The molecule has 4 rings (SSSR count). The SMILES string of the molecule is Cc1cc(C)c(N2C(=O)N(Cc3ccccc3Oc3ccccc3)C(C)(C)C2=O)c(C)c1. The van der Waals surface area contributed by atoms with Gasteiger partial charge in [-0.15, -0.1) is 0 Å². The van der Waals surface area contributed by atoms with E-state index < -0.39 is 5.54 Å². The minimum Gasteiger partial charge on any atom is -0.457 e. The van der Waals surface area contributed by atoms with Gasteiger partial charge in [-0.3, -0.25) is 4.79 Å². The number of para-hydroxylation sites is 2. The van der Waals surface area contributed by atoms with Crippen molar-refractivity contribution in [2.24, 2.45) is 0 Å². The summed E-state index contributed by atoms with van der Waals surface area (Å²) < 4.78 is 6.08. The smallest absolute Gasteiger partial charge is 0.332 e. The van der Waals surface area contributed by atoms with Crippen LogP contribution in [0, 0.1) is 20.8 Å². The summed E-state index contributed by atoms with van der Waals surface area (Å²) in [6.45, 7) is 9.75. The third-order valence-electron chi connectivity index (χ3n) is 5.95. The topological polar surface area (TPSA) is 49.9 Å². The average Bonchev–Trinajstić information content (AvgIpc) is 2.90. The molecule has 0 saturated carbocycles. The second-order valence-electron chi connectivity index (χ2n) is 8.84. The molecule has 1 aliphatic heterocycles. The van der Waals surface area contributed by atoms with Crippen molar-refractivity contribution in [2.75, 3.05) is 4.90 Å². The van der Waals surface area contributed by atoms with Crippen LogP contribution in [-0.4, -0.2) is 22.4 Å². The summed E-state index contributed by atoms with van der Waals surface area (Å²) in [5.41, 5.74) is 3.45. The minimum atomic E-state index is -0.985. The maximum Gasteiger partial charge on any atom is 0.332 e. The van der Waals surface area contributed by atoms with Crippen molar-refractivity contribution in [2.45, 2.75) is 46.7 Å². The molecule has 0 N–H and O–H groups in total. The highest BCUT2D eigenvalue weighted by molar-refractivity contribution is 6.23. The number of amides is 3. The molecule has 5 nitrogen and oxygen atoms in total. The molecular weight excluding hydrogens is 400 g/mol. The second-order valence-corrected chi connectivity index (χ2v) is 8.84. The Morgan fingerprint density at radius 3 is 2.09 bits per heavy atom. The fourth-order valence-corrected chi connectivity index (χ4v) is 4.34. The normalized spacial score (nSPS) is 15.4. The number of aryl methyl sites for hydroxylation is 3. The van der Waals surface area contributed by atoms with Gasteiger partial charge in [0.2, 0.25) is 0 Å². The average molecular weight is 429 g/mol. The first-order valence-corrected chi connectivity index (χ1v) is 10.7. The summed E-state index contributed by atoms with van der Waals surface area (Å²) >= 11 is 0. The third-order valence-corrected chi connectivity index (χ3v) is 5.95. The molecule has 0 atom stereocenters. The van der Waals surface area contributed by atoms with E-state index in [9.17, 15) is 9.59 Å². The Kier molecular flexibility index (Phi) is 5.51. The molecule has 0 radical (unpaired) electrons. The summed E-state index contributed by atoms with van der Waals surface area (Å²) in [5, 5.41) is 0. The number of nitrogens with zero attached hydrogens (tertiary/aromatic N) is 2. The number of ether oxygens (including phenoxy) is 1. The lowest BCUT2D eigenvalue weighted by Crippen LogP contribution is -2.43. The quantitative estimate of drug-likeness (QED) is 0.458. The largest absolute Gasteiger partial charge is 0.457 e. The predicted molar refractivity (Wildman–Crippen MR) is 126 cm³/mol. The maximum absolute atomic E-state index is 13.6. The first kappa shape index (κ1) is 21.6.